The van der Waals surface area contributed by atoms with Crippen LogP contribution in [0.25, 0.3) is 0 Å². The lowest BCUT2D eigenvalue weighted by Gasteiger charge is -2.34. The third kappa shape index (κ3) is 7.31. The fourth-order valence-electron chi connectivity index (χ4n) is 4.51. The first-order valence-electron chi connectivity index (χ1n) is 12.3. The molecule has 1 amide bonds. The second-order valence-corrected chi connectivity index (χ2v) is 12.1. The molecule has 2 aromatic carbocycles. The molecule has 2 N–H and O–H groups in total. The van der Waals surface area contributed by atoms with Crippen molar-refractivity contribution in [2.24, 2.45) is 5.14 Å². The van der Waals surface area contributed by atoms with Gasteiger partial charge in [0.15, 0.2) is 5.78 Å². The van der Waals surface area contributed by atoms with Crippen LogP contribution in [0.2, 0.25) is 5.02 Å². The van der Waals surface area contributed by atoms with Crippen LogP contribution >= 0.6 is 11.6 Å². The number of primary sulfonamides is 1. The standard InChI is InChI=1S/C27H35ClN2O5S/c1-27(2,3)30(26(32)35-16-14-19-9-4-5-12-23(19)28)15-7-6-13-24(31)21-17-20-10-8-11-22(20)25(18-21)36(29,33)34/h4-5,9,12,17-18H,6-8,10-11,13-16H2,1-3H3,(H2,29,33,34). The molecule has 0 aliphatic heterocycles. The average molecular weight is 535 g/mol. The maximum Gasteiger partial charge on any atom is 0.410 e. The van der Waals surface area contributed by atoms with Crippen molar-refractivity contribution in [3.8, 4) is 0 Å². The van der Waals surface area contributed by atoms with E-state index in [0.29, 0.717) is 42.8 Å². The van der Waals surface area contributed by atoms with Crippen molar-refractivity contribution in [2.75, 3.05) is 13.2 Å². The summed E-state index contributed by atoms with van der Waals surface area (Å²) < 4.78 is 29.6. The van der Waals surface area contributed by atoms with Crippen molar-refractivity contribution in [2.45, 2.75) is 76.2 Å². The number of rotatable bonds is 10. The molecule has 7 nitrogen and oxygen atoms in total. The minimum absolute atomic E-state index is 0.0688. The summed E-state index contributed by atoms with van der Waals surface area (Å²) in [7, 11) is -3.89. The fraction of sp³-hybridized carbons (Fsp3) is 0.481. The summed E-state index contributed by atoms with van der Waals surface area (Å²) in [5.41, 5.74) is 2.48. The van der Waals surface area contributed by atoms with Crippen LogP contribution in [-0.2, 0) is 34.0 Å². The lowest BCUT2D eigenvalue weighted by molar-refractivity contribution is 0.0674. The van der Waals surface area contributed by atoms with Crippen LogP contribution in [-0.4, -0.2) is 43.9 Å². The summed E-state index contributed by atoms with van der Waals surface area (Å²) in [4.78, 5) is 27.4. The summed E-state index contributed by atoms with van der Waals surface area (Å²) in [5.74, 6) is -0.126. The van der Waals surface area contributed by atoms with Crippen molar-refractivity contribution >= 4 is 33.5 Å². The van der Waals surface area contributed by atoms with Crippen molar-refractivity contribution in [1.29, 1.82) is 0 Å². The van der Waals surface area contributed by atoms with Crippen molar-refractivity contribution < 1.29 is 22.7 Å². The van der Waals surface area contributed by atoms with Gasteiger partial charge in [0.1, 0.15) is 0 Å². The molecule has 0 saturated carbocycles. The summed E-state index contributed by atoms with van der Waals surface area (Å²) >= 11 is 6.17. The molecule has 0 heterocycles. The van der Waals surface area contributed by atoms with Crippen LogP contribution in [0.1, 0.15) is 73.5 Å². The smallest absolute Gasteiger partial charge is 0.410 e. The van der Waals surface area contributed by atoms with Gasteiger partial charge >= 0.3 is 6.09 Å². The number of carbonyl (C=O) groups excluding carboxylic acids is 2. The fourth-order valence-corrected chi connectivity index (χ4v) is 5.61. The maximum absolute atomic E-state index is 12.9. The zero-order valence-electron chi connectivity index (χ0n) is 21.2. The zero-order chi connectivity index (χ0) is 26.5. The number of nitrogens with zero attached hydrogens (tertiary/aromatic N) is 1. The van der Waals surface area contributed by atoms with E-state index in [-0.39, 0.29) is 23.7 Å². The Labute approximate surface area is 219 Å². The predicted octanol–water partition coefficient (Wildman–Crippen LogP) is 5.31. The molecule has 0 radical (unpaired) electrons. The zero-order valence-corrected chi connectivity index (χ0v) is 22.8. The Bertz CT molecular complexity index is 1220. The van der Waals surface area contributed by atoms with Crippen molar-refractivity contribution in [3.63, 3.8) is 0 Å². The van der Waals surface area contributed by atoms with Crippen LogP contribution in [0.3, 0.4) is 0 Å². The highest BCUT2D eigenvalue weighted by atomic mass is 35.5. The molecule has 0 unspecified atom stereocenters. The summed E-state index contributed by atoms with van der Waals surface area (Å²) in [5, 5.41) is 6.05. The summed E-state index contributed by atoms with van der Waals surface area (Å²) in [6.07, 6.45) is 3.80. The van der Waals surface area contributed by atoms with Crippen LogP contribution in [0.5, 0.6) is 0 Å². The number of fused-ring (bicyclic) bond motifs is 1. The van der Waals surface area contributed by atoms with E-state index >= 15 is 0 Å². The third-order valence-corrected chi connectivity index (χ3v) is 7.77. The van der Waals surface area contributed by atoms with E-state index in [9.17, 15) is 18.0 Å². The molecular formula is C27H35ClN2O5S. The highest BCUT2D eigenvalue weighted by Crippen LogP contribution is 2.30. The van der Waals surface area contributed by atoms with Gasteiger partial charge in [0.05, 0.1) is 11.5 Å². The van der Waals surface area contributed by atoms with Gasteiger partial charge in [-0.1, -0.05) is 29.8 Å². The van der Waals surface area contributed by atoms with Crippen LogP contribution < -0.4 is 5.14 Å². The number of aryl methyl sites for hydroxylation is 1. The Morgan fingerprint density at radius 1 is 1.11 bits per heavy atom. The minimum Gasteiger partial charge on any atom is -0.449 e. The van der Waals surface area contributed by atoms with Crippen LogP contribution in [0.15, 0.2) is 41.3 Å². The lowest BCUT2D eigenvalue weighted by atomic mass is 10.00. The molecule has 196 valence electrons. The Morgan fingerprint density at radius 2 is 1.83 bits per heavy atom. The summed E-state index contributed by atoms with van der Waals surface area (Å²) in [6.45, 7) is 6.47. The van der Waals surface area contributed by atoms with E-state index in [2.05, 4.69) is 0 Å². The topological polar surface area (TPSA) is 107 Å². The van der Waals surface area contributed by atoms with Gasteiger partial charge in [0, 0.05) is 35.5 Å². The van der Waals surface area contributed by atoms with Crippen LogP contribution in [0.4, 0.5) is 4.79 Å². The number of ether oxygens (including phenoxy) is 1. The Kier molecular flexibility index (Phi) is 9.19. The number of hydrogen-bond acceptors (Lipinski definition) is 5. The molecule has 0 aromatic heterocycles. The maximum atomic E-state index is 12.9. The van der Waals surface area contributed by atoms with Gasteiger partial charge in [-0.05, 0) is 87.8 Å². The molecule has 0 atom stereocenters. The monoisotopic (exact) mass is 534 g/mol. The van der Waals surface area contributed by atoms with E-state index in [1.54, 1.807) is 17.0 Å². The molecule has 1 aliphatic rings. The van der Waals surface area contributed by atoms with E-state index < -0.39 is 21.7 Å². The Morgan fingerprint density at radius 3 is 2.50 bits per heavy atom. The first-order chi connectivity index (χ1) is 16.9. The number of amides is 1. The third-order valence-electron chi connectivity index (χ3n) is 6.42. The first-order valence-corrected chi connectivity index (χ1v) is 14.2. The first kappa shape index (κ1) is 28.2. The molecule has 36 heavy (non-hydrogen) atoms. The van der Waals surface area contributed by atoms with Crippen molar-refractivity contribution in [1.82, 2.24) is 4.90 Å². The van der Waals surface area contributed by atoms with Gasteiger partial charge in [-0.3, -0.25) is 4.79 Å². The number of benzene rings is 2. The number of Topliss-reactive ketones (excluding diaryl/α,β-unsaturated/α-hetero) is 1. The molecule has 0 spiro atoms. The SMILES string of the molecule is CC(C)(C)N(CCCCC(=O)c1cc2c(c(S(N)(=O)=O)c1)CCC2)C(=O)OCCc1ccccc1Cl. The largest absolute Gasteiger partial charge is 0.449 e. The molecule has 1 aliphatic carbocycles. The van der Waals surface area contributed by atoms with Gasteiger partial charge < -0.3 is 9.64 Å². The quantitative estimate of drug-likeness (QED) is 0.328. The van der Waals surface area contributed by atoms with Crippen molar-refractivity contribution in [3.05, 3.63) is 63.7 Å². The minimum atomic E-state index is -3.89. The second kappa shape index (κ2) is 11.8. The normalized spacial score (nSPS) is 13.4. The molecule has 3 rings (SSSR count). The lowest BCUT2D eigenvalue weighted by Crippen LogP contribution is -2.46. The average Bonchev–Trinajstić information content (AvgIpc) is 3.26. The highest BCUT2D eigenvalue weighted by Gasteiger charge is 2.28. The molecule has 0 fully saturated rings. The van der Waals surface area contributed by atoms with E-state index in [4.69, 9.17) is 21.5 Å². The highest BCUT2D eigenvalue weighted by molar-refractivity contribution is 7.89. The van der Waals surface area contributed by atoms with Gasteiger partial charge in [0.2, 0.25) is 10.0 Å². The molecular weight excluding hydrogens is 500 g/mol. The molecule has 0 bridgehead atoms. The number of ketones is 1. The number of carbonyl (C=O) groups is 2. The number of halogens is 1. The predicted molar refractivity (Wildman–Crippen MR) is 141 cm³/mol. The Hall–Kier alpha value is -2.42. The van der Waals surface area contributed by atoms with Gasteiger partial charge in [0.25, 0.3) is 0 Å². The summed E-state index contributed by atoms with van der Waals surface area (Å²) in [6, 6.07) is 10.7. The van der Waals surface area contributed by atoms with Gasteiger partial charge in [-0.2, -0.15) is 0 Å². The molecule has 0 saturated heterocycles. The Balaban J connectivity index is 1.54. The van der Waals surface area contributed by atoms with E-state index in [1.165, 1.54) is 6.07 Å². The number of hydrogen-bond donors (Lipinski definition) is 1. The van der Waals surface area contributed by atoms with Gasteiger partial charge in [-0.25, -0.2) is 18.4 Å². The van der Waals surface area contributed by atoms with E-state index in [0.717, 1.165) is 29.5 Å². The molecule has 2 aromatic rings. The van der Waals surface area contributed by atoms with E-state index in [1.807, 2.05) is 39.0 Å². The number of unbranched alkanes of at least 4 members (excludes halogenated alkanes) is 1. The second-order valence-electron chi connectivity index (χ2n) is 10.2. The van der Waals surface area contributed by atoms with Crippen LogP contribution in [0, 0.1) is 0 Å². The number of sulfonamides is 1. The number of nitrogens with two attached hydrogens (primary N) is 1. The van der Waals surface area contributed by atoms with Gasteiger partial charge in [-0.15, -0.1) is 0 Å². The molecule has 9 heteroatoms.